The fourth-order valence-corrected chi connectivity index (χ4v) is 3.40. The zero-order chi connectivity index (χ0) is 15.3. The van der Waals surface area contributed by atoms with E-state index in [1.54, 1.807) is 24.3 Å². The highest BCUT2D eigenvalue weighted by molar-refractivity contribution is 7.89. The monoisotopic (exact) mass is 312 g/mol. The summed E-state index contributed by atoms with van der Waals surface area (Å²) in [4.78, 5) is 2.21. The summed E-state index contributed by atoms with van der Waals surface area (Å²) in [5.74, 6) is 0.745. The van der Waals surface area contributed by atoms with E-state index >= 15 is 0 Å². The lowest BCUT2D eigenvalue weighted by atomic mass is 10.3. The number of likely N-dealkylation sites (N-methyl/N-ethyl adjacent to an activating group) is 1. The lowest BCUT2D eigenvalue weighted by Gasteiger charge is -2.14. The summed E-state index contributed by atoms with van der Waals surface area (Å²) in [6.07, 6.45) is 4.89. The Morgan fingerprint density at radius 1 is 1.19 bits per heavy atom. The van der Waals surface area contributed by atoms with Crippen LogP contribution in [0.5, 0.6) is 5.75 Å². The van der Waals surface area contributed by atoms with Crippen molar-refractivity contribution < 1.29 is 13.2 Å². The van der Waals surface area contributed by atoms with E-state index in [-0.39, 0.29) is 11.0 Å². The summed E-state index contributed by atoms with van der Waals surface area (Å²) < 4.78 is 32.6. The molecule has 1 N–H and O–H groups in total. The Kier molecular flexibility index (Phi) is 5.61. The average Bonchev–Trinajstić information content (AvgIpc) is 2.91. The van der Waals surface area contributed by atoms with E-state index in [0.717, 1.165) is 18.6 Å². The predicted molar refractivity (Wildman–Crippen MR) is 83.1 cm³/mol. The zero-order valence-electron chi connectivity index (χ0n) is 12.7. The molecule has 0 amide bonds. The number of hydrogen-bond acceptors (Lipinski definition) is 4. The molecule has 118 valence electrons. The molecule has 1 aliphatic rings. The molecule has 21 heavy (non-hydrogen) atoms. The number of sulfonamides is 1. The van der Waals surface area contributed by atoms with E-state index in [0.29, 0.717) is 13.1 Å². The quantitative estimate of drug-likeness (QED) is 0.835. The maximum Gasteiger partial charge on any atom is 0.240 e. The van der Waals surface area contributed by atoms with Gasteiger partial charge in [0.1, 0.15) is 5.75 Å². The van der Waals surface area contributed by atoms with Crippen LogP contribution in [0.4, 0.5) is 0 Å². The van der Waals surface area contributed by atoms with Gasteiger partial charge in [-0.15, -0.1) is 0 Å². The SMILES string of the molecule is CN(C)CCNS(=O)(=O)c1ccc(OC2CCCC2)cc1. The molecule has 1 saturated carbocycles. The summed E-state index contributed by atoms with van der Waals surface area (Å²) >= 11 is 0. The van der Waals surface area contributed by atoms with Crippen LogP contribution in [0, 0.1) is 0 Å². The van der Waals surface area contributed by atoms with Gasteiger partial charge < -0.3 is 9.64 Å². The summed E-state index contributed by atoms with van der Waals surface area (Å²) in [6, 6.07) is 6.67. The third kappa shape index (κ3) is 4.98. The Bertz CT molecular complexity index is 535. The van der Waals surface area contributed by atoms with E-state index in [4.69, 9.17) is 4.74 Å². The third-order valence-corrected chi connectivity index (χ3v) is 5.07. The van der Waals surface area contributed by atoms with Crippen molar-refractivity contribution in [2.24, 2.45) is 0 Å². The molecule has 0 aromatic heterocycles. The molecule has 0 radical (unpaired) electrons. The van der Waals surface area contributed by atoms with E-state index in [2.05, 4.69) is 4.72 Å². The topological polar surface area (TPSA) is 58.6 Å². The molecular formula is C15H24N2O3S. The highest BCUT2D eigenvalue weighted by Crippen LogP contribution is 2.24. The highest BCUT2D eigenvalue weighted by Gasteiger charge is 2.17. The van der Waals surface area contributed by atoms with Crippen LogP contribution in [-0.4, -0.2) is 46.6 Å². The second-order valence-corrected chi connectivity index (χ2v) is 7.46. The van der Waals surface area contributed by atoms with Crippen molar-refractivity contribution in [2.75, 3.05) is 27.2 Å². The number of ether oxygens (including phenoxy) is 1. The fourth-order valence-electron chi connectivity index (χ4n) is 2.38. The standard InChI is InChI=1S/C15H24N2O3S/c1-17(2)12-11-16-21(18,19)15-9-7-14(8-10-15)20-13-5-3-4-6-13/h7-10,13,16H,3-6,11-12H2,1-2H3. The highest BCUT2D eigenvalue weighted by atomic mass is 32.2. The molecule has 0 heterocycles. The zero-order valence-corrected chi connectivity index (χ0v) is 13.5. The molecule has 5 nitrogen and oxygen atoms in total. The van der Waals surface area contributed by atoms with Gasteiger partial charge in [-0.1, -0.05) is 0 Å². The Balaban J connectivity index is 1.93. The Morgan fingerprint density at radius 2 is 1.81 bits per heavy atom. The minimum Gasteiger partial charge on any atom is -0.490 e. The van der Waals surface area contributed by atoms with Crippen LogP contribution >= 0.6 is 0 Å². The molecule has 2 rings (SSSR count). The van der Waals surface area contributed by atoms with E-state index < -0.39 is 10.0 Å². The normalized spacial score (nSPS) is 16.5. The van der Waals surface area contributed by atoms with Gasteiger partial charge in [0.2, 0.25) is 10.0 Å². The van der Waals surface area contributed by atoms with Gasteiger partial charge in [-0.2, -0.15) is 0 Å². The number of rotatable bonds is 7. The van der Waals surface area contributed by atoms with Crippen LogP contribution in [0.3, 0.4) is 0 Å². The van der Waals surface area contributed by atoms with Gasteiger partial charge >= 0.3 is 0 Å². The van der Waals surface area contributed by atoms with Crippen molar-refractivity contribution >= 4 is 10.0 Å². The van der Waals surface area contributed by atoms with Crippen LogP contribution in [0.25, 0.3) is 0 Å². The maximum atomic E-state index is 12.1. The molecule has 6 heteroatoms. The van der Waals surface area contributed by atoms with E-state index in [1.165, 1.54) is 12.8 Å². The molecule has 1 aromatic rings. The van der Waals surface area contributed by atoms with Crippen molar-refractivity contribution in [3.63, 3.8) is 0 Å². The average molecular weight is 312 g/mol. The van der Waals surface area contributed by atoms with Crippen molar-refractivity contribution in [1.82, 2.24) is 9.62 Å². The molecule has 0 aliphatic heterocycles. The van der Waals surface area contributed by atoms with Gasteiger partial charge in [0.15, 0.2) is 0 Å². The first-order valence-corrected chi connectivity index (χ1v) is 8.87. The van der Waals surface area contributed by atoms with Gasteiger partial charge in [-0.25, -0.2) is 13.1 Å². The second-order valence-electron chi connectivity index (χ2n) is 5.70. The Morgan fingerprint density at radius 3 is 2.38 bits per heavy atom. The number of nitrogens with one attached hydrogen (secondary N) is 1. The Hall–Kier alpha value is -1.11. The van der Waals surface area contributed by atoms with Crippen molar-refractivity contribution in [3.8, 4) is 5.75 Å². The molecule has 0 unspecified atom stereocenters. The molecule has 1 aromatic carbocycles. The summed E-state index contributed by atoms with van der Waals surface area (Å²) in [5.41, 5.74) is 0. The maximum absolute atomic E-state index is 12.1. The summed E-state index contributed by atoms with van der Waals surface area (Å²) in [5, 5.41) is 0. The van der Waals surface area contributed by atoms with Crippen molar-refractivity contribution in [2.45, 2.75) is 36.7 Å². The van der Waals surface area contributed by atoms with Crippen LogP contribution in [0.2, 0.25) is 0 Å². The van der Waals surface area contributed by atoms with Gasteiger partial charge in [-0.3, -0.25) is 0 Å². The van der Waals surface area contributed by atoms with Gasteiger partial charge in [0.05, 0.1) is 11.0 Å². The predicted octanol–water partition coefficient (Wildman–Crippen LogP) is 1.85. The lowest BCUT2D eigenvalue weighted by molar-refractivity contribution is 0.210. The molecule has 1 fully saturated rings. The van der Waals surface area contributed by atoms with Crippen LogP contribution in [0.1, 0.15) is 25.7 Å². The molecule has 0 atom stereocenters. The number of nitrogens with zero attached hydrogens (tertiary/aromatic N) is 1. The van der Waals surface area contributed by atoms with Crippen LogP contribution in [-0.2, 0) is 10.0 Å². The first-order chi connectivity index (χ1) is 9.97. The van der Waals surface area contributed by atoms with Crippen LogP contribution in [0.15, 0.2) is 29.2 Å². The van der Waals surface area contributed by atoms with E-state index in [9.17, 15) is 8.42 Å². The first-order valence-electron chi connectivity index (χ1n) is 7.38. The third-order valence-electron chi connectivity index (χ3n) is 3.59. The number of hydrogen-bond donors (Lipinski definition) is 1. The van der Waals surface area contributed by atoms with Crippen LogP contribution < -0.4 is 9.46 Å². The van der Waals surface area contributed by atoms with Gasteiger partial charge in [0, 0.05) is 13.1 Å². The first kappa shape index (κ1) is 16.3. The lowest BCUT2D eigenvalue weighted by Crippen LogP contribution is -2.31. The molecular weight excluding hydrogens is 288 g/mol. The smallest absolute Gasteiger partial charge is 0.240 e. The molecule has 0 spiro atoms. The molecule has 0 saturated heterocycles. The second kappa shape index (κ2) is 7.24. The fraction of sp³-hybridized carbons (Fsp3) is 0.600. The minimum absolute atomic E-state index is 0.278. The molecule has 0 bridgehead atoms. The largest absolute Gasteiger partial charge is 0.490 e. The number of benzene rings is 1. The van der Waals surface area contributed by atoms with E-state index in [1.807, 2.05) is 19.0 Å². The van der Waals surface area contributed by atoms with Crippen molar-refractivity contribution in [1.29, 1.82) is 0 Å². The summed E-state index contributed by atoms with van der Waals surface area (Å²) in [7, 11) is 0.380. The van der Waals surface area contributed by atoms with Crippen molar-refractivity contribution in [3.05, 3.63) is 24.3 Å². The molecule has 1 aliphatic carbocycles. The van der Waals surface area contributed by atoms with Gasteiger partial charge in [0.25, 0.3) is 0 Å². The summed E-state index contributed by atoms with van der Waals surface area (Å²) in [6.45, 7) is 1.07. The Labute approximate surface area is 127 Å². The minimum atomic E-state index is -3.43. The van der Waals surface area contributed by atoms with Gasteiger partial charge in [-0.05, 0) is 64.0 Å².